The maximum Gasteiger partial charge on any atom is 0.107 e. The molecule has 1 atom stereocenters. The zero-order chi connectivity index (χ0) is 9.47. The van der Waals surface area contributed by atoms with Crippen molar-refractivity contribution in [3.63, 3.8) is 0 Å². The normalized spacial score (nSPS) is 21.1. The summed E-state index contributed by atoms with van der Waals surface area (Å²) in [6.45, 7) is 1.64. The molecule has 70 valence electrons. The maximum absolute atomic E-state index is 13.3. The summed E-state index contributed by atoms with van der Waals surface area (Å²) < 4.78 is 13.3. The summed E-state index contributed by atoms with van der Waals surface area (Å²) in [6.07, 6.45) is 1.14. The SMILES string of the molecule is CC(F)C1(c2cccc(N)c2)CC1. The smallest absolute Gasteiger partial charge is 0.107 e. The number of hydrogen-bond acceptors (Lipinski definition) is 1. The fourth-order valence-corrected chi connectivity index (χ4v) is 1.90. The maximum atomic E-state index is 13.3. The van der Waals surface area contributed by atoms with Crippen molar-refractivity contribution in [2.45, 2.75) is 31.4 Å². The van der Waals surface area contributed by atoms with Crippen molar-refractivity contribution in [2.24, 2.45) is 0 Å². The van der Waals surface area contributed by atoms with Crippen molar-refractivity contribution in [1.82, 2.24) is 0 Å². The van der Waals surface area contributed by atoms with E-state index in [-0.39, 0.29) is 5.41 Å². The molecule has 13 heavy (non-hydrogen) atoms. The van der Waals surface area contributed by atoms with Crippen molar-refractivity contribution in [2.75, 3.05) is 5.73 Å². The third-order valence-corrected chi connectivity index (χ3v) is 3.01. The van der Waals surface area contributed by atoms with Crippen LogP contribution < -0.4 is 5.73 Å². The highest BCUT2D eigenvalue weighted by atomic mass is 19.1. The summed E-state index contributed by atoms with van der Waals surface area (Å²) in [7, 11) is 0. The molecule has 0 bridgehead atoms. The molecule has 2 rings (SSSR count). The molecule has 1 fully saturated rings. The lowest BCUT2D eigenvalue weighted by atomic mass is 9.91. The van der Waals surface area contributed by atoms with Gasteiger partial charge in [-0.05, 0) is 37.5 Å². The highest BCUT2D eigenvalue weighted by Gasteiger charge is 2.49. The zero-order valence-electron chi connectivity index (χ0n) is 7.76. The molecule has 2 N–H and O–H groups in total. The Balaban J connectivity index is 2.35. The molecule has 1 aromatic rings. The largest absolute Gasteiger partial charge is 0.399 e. The summed E-state index contributed by atoms with van der Waals surface area (Å²) in [6, 6.07) is 7.60. The van der Waals surface area contributed by atoms with Crippen molar-refractivity contribution in [3.05, 3.63) is 29.8 Å². The lowest BCUT2D eigenvalue weighted by Gasteiger charge is -2.17. The number of nitrogens with two attached hydrogens (primary N) is 1. The standard InChI is InChI=1S/C11H14FN/c1-8(12)11(5-6-11)9-3-2-4-10(13)7-9/h2-4,7-8H,5-6,13H2,1H3. The minimum absolute atomic E-state index is 0.213. The van der Waals surface area contributed by atoms with Gasteiger partial charge in [-0.1, -0.05) is 12.1 Å². The lowest BCUT2D eigenvalue weighted by Crippen LogP contribution is -2.18. The Hall–Kier alpha value is -1.05. The molecule has 1 unspecified atom stereocenters. The van der Waals surface area contributed by atoms with Crippen LogP contribution >= 0.6 is 0 Å². The van der Waals surface area contributed by atoms with E-state index < -0.39 is 6.17 Å². The first kappa shape index (κ1) is 8.54. The van der Waals surface area contributed by atoms with Crippen molar-refractivity contribution in [1.29, 1.82) is 0 Å². The van der Waals surface area contributed by atoms with Crippen LogP contribution in [-0.2, 0) is 5.41 Å². The molecular formula is C11H14FN. The molecule has 0 saturated heterocycles. The molecule has 0 aliphatic heterocycles. The van der Waals surface area contributed by atoms with Gasteiger partial charge in [0.05, 0.1) is 0 Å². The van der Waals surface area contributed by atoms with Gasteiger partial charge in [-0.15, -0.1) is 0 Å². The van der Waals surface area contributed by atoms with Crippen LogP contribution in [0.25, 0.3) is 0 Å². The molecular weight excluding hydrogens is 165 g/mol. The molecule has 1 nitrogen and oxygen atoms in total. The van der Waals surface area contributed by atoms with Crippen LogP contribution in [0.15, 0.2) is 24.3 Å². The molecule has 0 aromatic heterocycles. The summed E-state index contributed by atoms with van der Waals surface area (Å²) in [4.78, 5) is 0. The molecule has 1 aromatic carbocycles. The molecule has 0 amide bonds. The Labute approximate surface area is 77.8 Å². The summed E-state index contributed by atoms with van der Waals surface area (Å²) in [5, 5.41) is 0. The third kappa shape index (κ3) is 1.30. The average Bonchev–Trinajstić information content (AvgIpc) is 2.83. The van der Waals surface area contributed by atoms with Crippen LogP contribution in [-0.4, -0.2) is 6.17 Å². The van der Waals surface area contributed by atoms with Gasteiger partial charge in [-0.3, -0.25) is 0 Å². The number of halogens is 1. The topological polar surface area (TPSA) is 26.0 Å². The predicted molar refractivity (Wildman–Crippen MR) is 52.3 cm³/mol. The first-order valence-electron chi connectivity index (χ1n) is 4.65. The van der Waals surface area contributed by atoms with E-state index in [1.165, 1.54) is 0 Å². The summed E-state index contributed by atoms with van der Waals surface area (Å²) in [5.74, 6) is 0. The molecule has 0 spiro atoms. The van der Waals surface area contributed by atoms with Gasteiger partial charge in [0, 0.05) is 11.1 Å². The lowest BCUT2D eigenvalue weighted by molar-refractivity contribution is 0.290. The van der Waals surface area contributed by atoms with Crippen molar-refractivity contribution in [3.8, 4) is 0 Å². The number of rotatable bonds is 2. The van der Waals surface area contributed by atoms with Gasteiger partial charge in [0.2, 0.25) is 0 Å². The van der Waals surface area contributed by atoms with E-state index >= 15 is 0 Å². The molecule has 1 aliphatic rings. The number of nitrogen functional groups attached to an aromatic ring is 1. The van der Waals surface area contributed by atoms with Gasteiger partial charge < -0.3 is 5.73 Å². The molecule has 1 saturated carbocycles. The second kappa shape index (κ2) is 2.72. The number of benzene rings is 1. The van der Waals surface area contributed by atoms with Crippen LogP contribution in [0.1, 0.15) is 25.3 Å². The van der Waals surface area contributed by atoms with Gasteiger partial charge >= 0.3 is 0 Å². The van der Waals surface area contributed by atoms with Crippen LogP contribution in [0.3, 0.4) is 0 Å². The van der Waals surface area contributed by atoms with Crippen LogP contribution in [0.5, 0.6) is 0 Å². The quantitative estimate of drug-likeness (QED) is 0.694. The van der Waals surface area contributed by atoms with Crippen molar-refractivity contribution < 1.29 is 4.39 Å². The van der Waals surface area contributed by atoms with E-state index in [0.717, 1.165) is 24.1 Å². The van der Waals surface area contributed by atoms with E-state index in [2.05, 4.69) is 0 Å². The van der Waals surface area contributed by atoms with Gasteiger partial charge in [0.1, 0.15) is 6.17 Å². The second-order valence-electron chi connectivity index (χ2n) is 3.90. The molecule has 1 aliphatic carbocycles. The highest BCUT2D eigenvalue weighted by molar-refractivity contribution is 5.45. The monoisotopic (exact) mass is 179 g/mol. The third-order valence-electron chi connectivity index (χ3n) is 3.01. The van der Waals surface area contributed by atoms with E-state index in [9.17, 15) is 4.39 Å². The Kier molecular flexibility index (Phi) is 1.79. The first-order valence-corrected chi connectivity index (χ1v) is 4.65. The fraction of sp³-hybridized carbons (Fsp3) is 0.455. The summed E-state index contributed by atoms with van der Waals surface area (Å²) >= 11 is 0. The van der Waals surface area contributed by atoms with Gasteiger partial charge in [-0.2, -0.15) is 0 Å². The first-order chi connectivity index (χ1) is 6.15. The minimum Gasteiger partial charge on any atom is -0.399 e. The molecule has 0 heterocycles. The number of anilines is 1. The highest BCUT2D eigenvalue weighted by Crippen LogP contribution is 2.52. The number of alkyl halides is 1. The van der Waals surface area contributed by atoms with E-state index in [0.29, 0.717) is 0 Å². The van der Waals surface area contributed by atoms with E-state index in [1.54, 1.807) is 6.92 Å². The summed E-state index contributed by atoms with van der Waals surface area (Å²) in [5.41, 5.74) is 7.23. The Bertz CT molecular complexity index is 316. The van der Waals surface area contributed by atoms with E-state index in [1.807, 2.05) is 24.3 Å². The molecule has 0 radical (unpaired) electrons. The van der Waals surface area contributed by atoms with Crippen LogP contribution in [0.4, 0.5) is 10.1 Å². The molecule has 2 heteroatoms. The predicted octanol–water partition coefficient (Wildman–Crippen LogP) is 2.66. The zero-order valence-corrected chi connectivity index (χ0v) is 7.76. The van der Waals surface area contributed by atoms with Gasteiger partial charge in [0.25, 0.3) is 0 Å². The Morgan fingerprint density at radius 3 is 2.62 bits per heavy atom. The van der Waals surface area contributed by atoms with Crippen LogP contribution in [0.2, 0.25) is 0 Å². The fourth-order valence-electron chi connectivity index (χ4n) is 1.90. The van der Waals surface area contributed by atoms with Gasteiger partial charge in [-0.25, -0.2) is 4.39 Å². The van der Waals surface area contributed by atoms with Crippen LogP contribution in [0, 0.1) is 0 Å². The Morgan fingerprint density at radius 2 is 2.15 bits per heavy atom. The minimum atomic E-state index is -0.769. The van der Waals surface area contributed by atoms with Gasteiger partial charge in [0.15, 0.2) is 0 Å². The number of hydrogen-bond donors (Lipinski definition) is 1. The van der Waals surface area contributed by atoms with Crippen molar-refractivity contribution >= 4 is 5.69 Å². The Morgan fingerprint density at radius 1 is 1.46 bits per heavy atom. The average molecular weight is 179 g/mol. The second-order valence-corrected chi connectivity index (χ2v) is 3.90. The van der Waals surface area contributed by atoms with E-state index in [4.69, 9.17) is 5.73 Å².